The second-order valence-electron chi connectivity index (χ2n) is 8.71. The molecule has 0 aliphatic rings. The summed E-state index contributed by atoms with van der Waals surface area (Å²) in [5.41, 5.74) is 7.02. The summed E-state index contributed by atoms with van der Waals surface area (Å²) in [7, 11) is -3.99. The molecule has 196 valence electrons. The number of benzene rings is 3. The van der Waals surface area contributed by atoms with E-state index in [1.807, 2.05) is 43.5 Å². The summed E-state index contributed by atoms with van der Waals surface area (Å²) in [5, 5.41) is 5.14. The van der Waals surface area contributed by atoms with Crippen molar-refractivity contribution >= 4 is 51.0 Å². The zero-order valence-electron chi connectivity index (χ0n) is 21.0. The lowest BCUT2D eigenvalue weighted by atomic mass is 10.2. The first-order chi connectivity index (χ1) is 18.1. The van der Waals surface area contributed by atoms with Gasteiger partial charge in [0.05, 0.1) is 27.5 Å². The van der Waals surface area contributed by atoms with Crippen LogP contribution in [0.1, 0.15) is 22.5 Å². The first kappa shape index (κ1) is 27.4. The van der Waals surface area contributed by atoms with Crippen LogP contribution in [0.3, 0.4) is 0 Å². The van der Waals surface area contributed by atoms with Crippen molar-refractivity contribution in [2.45, 2.75) is 25.7 Å². The van der Waals surface area contributed by atoms with Crippen LogP contribution in [0.25, 0.3) is 5.69 Å². The molecule has 0 aliphatic carbocycles. The number of amides is 1. The standard InChI is InChI=1S/C28H26Cl2N4O3S/c1-19-8-7-9-24(14-19)33(38(36,37)25-10-5-4-6-11-25)18-28(35)32-31-17-22-15-20(2)34(21(22)3)27-13-12-23(29)16-26(27)30/h4-17H,18H2,1-3H3,(H,32,35)/b31-17-. The molecule has 10 heteroatoms. The smallest absolute Gasteiger partial charge is 0.264 e. The lowest BCUT2D eigenvalue weighted by Crippen LogP contribution is -2.39. The van der Waals surface area contributed by atoms with Crippen molar-refractivity contribution in [2.24, 2.45) is 5.10 Å². The molecule has 0 saturated heterocycles. The van der Waals surface area contributed by atoms with Crippen molar-refractivity contribution in [2.75, 3.05) is 10.8 Å². The fourth-order valence-electron chi connectivity index (χ4n) is 4.11. The third-order valence-electron chi connectivity index (χ3n) is 5.92. The van der Waals surface area contributed by atoms with E-state index in [4.69, 9.17) is 23.2 Å². The molecule has 4 rings (SSSR count). The van der Waals surface area contributed by atoms with Gasteiger partial charge in [-0.2, -0.15) is 5.10 Å². The molecule has 7 nitrogen and oxygen atoms in total. The lowest BCUT2D eigenvalue weighted by Gasteiger charge is -2.24. The molecule has 0 unspecified atom stereocenters. The predicted octanol–water partition coefficient (Wildman–Crippen LogP) is 6.05. The summed E-state index contributed by atoms with van der Waals surface area (Å²) < 4.78 is 29.9. The second kappa shape index (κ2) is 11.4. The van der Waals surface area contributed by atoms with Crippen LogP contribution in [0, 0.1) is 20.8 Å². The van der Waals surface area contributed by atoms with Crippen LogP contribution in [0.4, 0.5) is 5.69 Å². The number of halogens is 2. The molecule has 38 heavy (non-hydrogen) atoms. The molecule has 1 heterocycles. The van der Waals surface area contributed by atoms with Crippen LogP contribution < -0.4 is 9.73 Å². The summed E-state index contributed by atoms with van der Waals surface area (Å²) in [6, 6.07) is 22.2. The molecule has 0 fully saturated rings. The monoisotopic (exact) mass is 568 g/mol. The van der Waals surface area contributed by atoms with Gasteiger partial charge in [0, 0.05) is 22.0 Å². The number of hydrazone groups is 1. The van der Waals surface area contributed by atoms with E-state index < -0.39 is 22.5 Å². The van der Waals surface area contributed by atoms with Crippen molar-refractivity contribution in [1.82, 2.24) is 9.99 Å². The van der Waals surface area contributed by atoms with E-state index in [0.717, 1.165) is 32.5 Å². The van der Waals surface area contributed by atoms with Crippen LogP contribution in [0.15, 0.2) is 88.9 Å². The Hall–Kier alpha value is -3.59. The summed E-state index contributed by atoms with van der Waals surface area (Å²) in [6.45, 7) is 5.25. The van der Waals surface area contributed by atoms with Gasteiger partial charge < -0.3 is 4.57 Å². The fourth-order valence-corrected chi connectivity index (χ4v) is 6.04. The van der Waals surface area contributed by atoms with Crippen LogP contribution >= 0.6 is 23.2 Å². The molecule has 1 N–H and O–H groups in total. The average molecular weight is 570 g/mol. The number of rotatable bonds is 8. The number of nitrogens with zero attached hydrogens (tertiary/aromatic N) is 3. The molecule has 3 aromatic carbocycles. The highest BCUT2D eigenvalue weighted by Crippen LogP contribution is 2.28. The number of hydrogen-bond acceptors (Lipinski definition) is 4. The van der Waals surface area contributed by atoms with Gasteiger partial charge in [0.2, 0.25) is 0 Å². The van der Waals surface area contributed by atoms with E-state index in [2.05, 4.69) is 10.5 Å². The Morgan fingerprint density at radius 2 is 1.71 bits per heavy atom. The summed E-state index contributed by atoms with van der Waals surface area (Å²) >= 11 is 12.4. The Bertz CT molecular complexity index is 1620. The van der Waals surface area contributed by atoms with Crippen molar-refractivity contribution in [3.05, 3.63) is 111 Å². The SMILES string of the molecule is Cc1cccc(N(CC(=O)N/N=C\c2cc(C)n(-c3ccc(Cl)cc3Cl)c2C)S(=O)(=O)c2ccccc2)c1. The maximum absolute atomic E-state index is 13.4. The summed E-state index contributed by atoms with van der Waals surface area (Å²) in [4.78, 5) is 13.0. The lowest BCUT2D eigenvalue weighted by molar-refractivity contribution is -0.119. The van der Waals surface area contributed by atoms with E-state index in [1.54, 1.807) is 48.5 Å². The quantitative estimate of drug-likeness (QED) is 0.207. The maximum Gasteiger partial charge on any atom is 0.264 e. The van der Waals surface area contributed by atoms with Gasteiger partial charge in [-0.15, -0.1) is 0 Å². The van der Waals surface area contributed by atoms with Gasteiger partial charge in [0.15, 0.2) is 0 Å². The third-order valence-corrected chi connectivity index (χ3v) is 8.25. The Kier molecular flexibility index (Phi) is 8.26. The maximum atomic E-state index is 13.4. The van der Waals surface area contributed by atoms with E-state index in [9.17, 15) is 13.2 Å². The number of aryl methyl sites for hydroxylation is 2. The van der Waals surface area contributed by atoms with Gasteiger partial charge >= 0.3 is 0 Å². The first-order valence-electron chi connectivity index (χ1n) is 11.7. The zero-order valence-corrected chi connectivity index (χ0v) is 23.3. The predicted molar refractivity (Wildman–Crippen MR) is 153 cm³/mol. The van der Waals surface area contributed by atoms with Crippen molar-refractivity contribution in [3.63, 3.8) is 0 Å². The van der Waals surface area contributed by atoms with Gasteiger partial charge in [-0.1, -0.05) is 53.5 Å². The van der Waals surface area contributed by atoms with Crippen molar-refractivity contribution in [3.8, 4) is 5.69 Å². The van der Waals surface area contributed by atoms with Crippen LogP contribution in [0.5, 0.6) is 0 Å². The van der Waals surface area contributed by atoms with E-state index in [0.29, 0.717) is 15.7 Å². The van der Waals surface area contributed by atoms with E-state index in [-0.39, 0.29) is 4.90 Å². The fraction of sp³-hybridized carbons (Fsp3) is 0.143. The highest BCUT2D eigenvalue weighted by Gasteiger charge is 2.27. The molecule has 0 atom stereocenters. The van der Waals surface area contributed by atoms with Crippen molar-refractivity contribution < 1.29 is 13.2 Å². The molecule has 0 saturated carbocycles. The minimum atomic E-state index is -3.99. The Morgan fingerprint density at radius 3 is 2.39 bits per heavy atom. The Balaban J connectivity index is 1.56. The average Bonchev–Trinajstić information content (AvgIpc) is 3.15. The summed E-state index contributed by atoms with van der Waals surface area (Å²) in [6.07, 6.45) is 1.52. The highest BCUT2D eigenvalue weighted by atomic mass is 35.5. The molecule has 1 aromatic heterocycles. The highest BCUT2D eigenvalue weighted by molar-refractivity contribution is 7.92. The normalized spacial score (nSPS) is 11.6. The molecule has 1 amide bonds. The van der Waals surface area contributed by atoms with Gasteiger partial charge in [0.25, 0.3) is 15.9 Å². The van der Waals surface area contributed by atoms with Crippen LogP contribution in [0.2, 0.25) is 10.0 Å². The number of carbonyl (C=O) groups is 1. The minimum absolute atomic E-state index is 0.0890. The van der Waals surface area contributed by atoms with E-state index >= 15 is 0 Å². The summed E-state index contributed by atoms with van der Waals surface area (Å²) in [5.74, 6) is -0.586. The van der Waals surface area contributed by atoms with E-state index in [1.165, 1.54) is 18.3 Å². The zero-order chi connectivity index (χ0) is 27.4. The van der Waals surface area contributed by atoms with Crippen LogP contribution in [-0.4, -0.2) is 31.7 Å². The number of sulfonamides is 1. The molecular weight excluding hydrogens is 543 g/mol. The third kappa shape index (κ3) is 5.93. The largest absolute Gasteiger partial charge is 0.316 e. The topological polar surface area (TPSA) is 83.8 Å². The molecule has 0 radical (unpaired) electrons. The van der Waals surface area contributed by atoms with Gasteiger partial charge in [-0.05, 0) is 74.9 Å². The number of anilines is 1. The van der Waals surface area contributed by atoms with Crippen LogP contribution in [-0.2, 0) is 14.8 Å². The van der Waals surface area contributed by atoms with Gasteiger partial charge in [0.1, 0.15) is 6.54 Å². The number of carbonyl (C=O) groups excluding carboxylic acids is 1. The van der Waals surface area contributed by atoms with Gasteiger partial charge in [-0.25, -0.2) is 13.8 Å². The Labute approximate surface area is 232 Å². The molecule has 0 bridgehead atoms. The minimum Gasteiger partial charge on any atom is -0.316 e. The molecular formula is C28H26Cl2N4O3S. The number of aromatic nitrogens is 1. The Morgan fingerprint density at radius 1 is 0.974 bits per heavy atom. The number of nitrogens with one attached hydrogen (secondary N) is 1. The van der Waals surface area contributed by atoms with Crippen molar-refractivity contribution in [1.29, 1.82) is 0 Å². The number of hydrogen-bond donors (Lipinski definition) is 1. The molecule has 0 aliphatic heterocycles. The van der Waals surface area contributed by atoms with Gasteiger partial charge in [-0.3, -0.25) is 9.10 Å². The molecule has 4 aromatic rings. The first-order valence-corrected chi connectivity index (χ1v) is 13.9. The molecule has 0 spiro atoms. The second-order valence-corrected chi connectivity index (χ2v) is 11.4.